The van der Waals surface area contributed by atoms with E-state index in [1.807, 2.05) is 32.0 Å². The number of piperazine rings is 1. The largest absolute Gasteiger partial charge is 0.493 e. The van der Waals surface area contributed by atoms with Crippen LogP contribution in [0, 0.1) is 13.8 Å². The summed E-state index contributed by atoms with van der Waals surface area (Å²) in [5.41, 5.74) is 2.06. The highest BCUT2D eigenvalue weighted by Gasteiger charge is 2.17. The summed E-state index contributed by atoms with van der Waals surface area (Å²) in [6.45, 7) is 11.0. The van der Waals surface area contributed by atoms with Gasteiger partial charge in [0.15, 0.2) is 0 Å². The van der Waals surface area contributed by atoms with Gasteiger partial charge in [-0.3, -0.25) is 4.90 Å². The topological polar surface area (TPSA) is 54.6 Å². The summed E-state index contributed by atoms with van der Waals surface area (Å²) in [4.78, 5) is 9.48. The van der Waals surface area contributed by atoms with Gasteiger partial charge in [0.25, 0.3) is 0 Å². The third-order valence-electron chi connectivity index (χ3n) is 4.88. The van der Waals surface area contributed by atoms with Gasteiger partial charge in [-0.1, -0.05) is 5.16 Å². The van der Waals surface area contributed by atoms with Crippen LogP contribution in [-0.2, 0) is 6.54 Å². The van der Waals surface area contributed by atoms with E-state index in [0.29, 0.717) is 0 Å². The van der Waals surface area contributed by atoms with Crippen LogP contribution in [-0.4, -0.2) is 59.3 Å². The van der Waals surface area contributed by atoms with E-state index in [2.05, 4.69) is 26.0 Å². The van der Waals surface area contributed by atoms with E-state index in [0.717, 1.165) is 80.0 Å². The van der Waals surface area contributed by atoms with Crippen LogP contribution >= 0.6 is 11.3 Å². The van der Waals surface area contributed by atoms with Crippen molar-refractivity contribution in [2.24, 2.45) is 0 Å². The summed E-state index contributed by atoms with van der Waals surface area (Å²) in [5, 5.41) is 5.19. The van der Waals surface area contributed by atoms with Crippen LogP contribution in [0.5, 0.6) is 5.75 Å². The molecular formula is C20H26N4O2S. The van der Waals surface area contributed by atoms with E-state index >= 15 is 0 Å². The maximum absolute atomic E-state index is 5.93. The summed E-state index contributed by atoms with van der Waals surface area (Å²) in [6, 6.07) is 8.21. The van der Waals surface area contributed by atoms with Crippen LogP contribution in [0.3, 0.4) is 0 Å². The van der Waals surface area contributed by atoms with E-state index in [1.54, 1.807) is 11.3 Å². The van der Waals surface area contributed by atoms with Crippen molar-refractivity contribution in [3.05, 3.63) is 40.7 Å². The van der Waals surface area contributed by atoms with Crippen molar-refractivity contribution < 1.29 is 9.26 Å². The first-order valence-electron chi connectivity index (χ1n) is 9.52. The number of aromatic nitrogens is 2. The second kappa shape index (κ2) is 8.37. The quantitative estimate of drug-likeness (QED) is 0.580. The fourth-order valence-corrected chi connectivity index (χ4v) is 4.29. The molecule has 0 bridgehead atoms. The molecule has 0 N–H and O–H groups in total. The average Bonchev–Trinajstić information content (AvgIpc) is 3.24. The number of hydrogen-bond donors (Lipinski definition) is 0. The minimum Gasteiger partial charge on any atom is -0.493 e. The molecule has 0 radical (unpaired) electrons. The Labute approximate surface area is 163 Å². The summed E-state index contributed by atoms with van der Waals surface area (Å²) >= 11 is 1.72. The van der Waals surface area contributed by atoms with Gasteiger partial charge in [-0.25, -0.2) is 4.98 Å². The third kappa shape index (κ3) is 4.86. The van der Waals surface area contributed by atoms with Gasteiger partial charge in [-0.15, -0.1) is 11.3 Å². The fourth-order valence-electron chi connectivity index (χ4n) is 3.48. The molecule has 0 atom stereocenters. The molecule has 0 unspecified atom stereocenters. The van der Waals surface area contributed by atoms with Gasteiger partial charge in [0, 0.05) is 51.4 Å². The fraction of sp³-hybridized carbons (Fsp3) is 0.500. The molecule has 2 aromatic heterocycles. The molecule has 0 amide bonds. The van der Waals surface area contributed by atoms with E-state index in [9.17, 15) is 0 Å². The molecule has 7 heteroatoms. The molecular weight excluding hydrogens is 360 g/mol. The zero-order valence-electron chi connectivity index (χ0n) is 16.0. The zero-order valence-corrected chi connectivity index (χ0v) is 16.8. The van der Waals surface area contributed by atoms with Gasteiger partial charge in [-0.2, -0.15) is 0 Å². The smallest absolute Gasteiger partial charge is 0.133 e. The Bertz CT molecular complexity index is 883. The molecule has 1 aliphatic rings. The van der Waals surface area contributed by atoms with Gasteiger partial charge in [-0.05, 0) is 32.4 Å². The van der Waals surface area contributed by atoms with E-state index < -0.39 is 0 Å². The molecule has 0 aliphatic carbocycles. The number of benzene rings is 1. The number of rotatable bonds is 7. The first-order valence-corrected chi connectivity index (χ1v) is 10.3. The highest BCUT2D eigenvalue weighted by atomic mass is 32.1. The van der Waals surface area contributed by atoms with Crippen molar-refractivity contribution in [3.63, 3.8) is 0 Å². The van der Waals surface area contributed by atoms with Gasteiger partial charge in [0.2, 0.25) is 0 Å². The van der Waals surface area contributed by atoms with Gasteiger partial charge >= 0.3 is 0 Å². The first kappa shape index (κ1) is 18.4. The molecule has 27 heavy (non-hydrogen) atoms. The van der Waals surface area contributed by atoms with E-state index in [1.165, 1.54) is 4.70 Å². The molecule has 1 aromatic carbocycles. The third-order valence-corrected chi connectivity index (χ3v) is 5.83. The van der Waals surface area contributed by atoms with Gasteiger partial charge in [0.1, 0.15) is 11.5 Å². The van der Waals surface area contributed by atoms with Crippen LogP contribution < -0.4 is 4.74 Å². The molecule has 3 heterocycles. The Kier molecular flexibility index (Phi) is 5.71. The maximum atomic E-state index is 5.93. The van der Waals surface area contributed by atoms with E-state index in [-0.39, 0.29) is 0 Å². The lowest BCUT2D eigenvalue weighted by Gasteiger charge is -2.34. The summed E-state index contributed by atoms with van der Waals surface area (Å²) < 4.78 is 12.3. The normalized spacial score (nSPS) is 16.2. The molecule has 1 fully saturated rings. The lowest BCUT2D eigenvalue weighted by Crippen LogP contribution is -2.46. The molecule has 3 aromatic rings. The number of ether oxygens (including phenoxy) is 1. The van der Waals surface area contributed by atoms with Gasteiger partial charge in [0.05, 0.1) is 27.5 Å². The Morgan fingerprint density at radius 2 is 1.93 bits per heavy atom. The number of thiazole rings is 1. The number of aryl methyl sites for hydroxylation is 2. The van der Waals surface area contributed by atoms with Crippen LogP contribution in [0.4, 0.5) is 0 Å². The summed E-state index contributed by atoms with van der Waals surface area (Å²) in [7, 11) is 0. The Hall–Kier alpha value is -1.96. The van der Waals surface area contributed by atoms with Crippen LogP contribution in [0.2, 0.25) is 0 Å². The van der Waals surface area contributed by atoms with Crippen molar-refractivity contribution in [1.29, 1.82) is 0 Å². The molecule has 0 spiro atoms. The van der Waals surface area contributed by atoms with Crippen LogP contribution in [0.15, 0.2) is 28.8 Å². The highest BCUT2D eigenvalue weighted by molar-refractivity contribution is 7.18. The number of nitrogens with zero attached hydrogens (tertiary/aromatic N) is 4. The Balaban J connectivity index is 1.15. The molecule has 1 saturated heterocycles. The first-order chi connectivity index (χ1) is 13.2. The zero-order chi connectivity index (χ0) is 18.6. The second-order valence-corrected chi connectivity index (χ2v) is 8.35. The van der Waals surface area contributed by atoms with Crippen molar-refractivity contribution in [2.45, 2.75) is 26.8 Å². The second-order valence-electron chi connectivity index (χ2n) is 7.11. The summed E-state index contributed by atoms with van der Waals surface area (Å²) in [5.74, 6) is 1.80. The van der Waals surface area contributed by atoms with Crippen molar-refractivity contribution in [2.75, 3.05) is 39.3 Å². The average molecular weight is 387 g/mol. The molecule has 1 aliphatic heterocycles. The minimum absolute atomic E-state index is 0.743. The van der Waals surface area contributed by atoms with Gasteiger partial charge < -0.3 is 14.2 Å². The number of hydrogen-bond acceptors (Lipinski definition) is 7. The predicted molar refractivity (Wildman–Crippen MR) is 107 cm³/mol. The SMILES string of the molecule is Cc1cc(CN2CCN(CCCOc3ccc4sc(C)nc4c3)CC2)no1. The Morgan fingerprint density at radius 3 is 2.70 bits per heavy atom. The maximum Gasteiger partial charge on any atom is 0.133 e. The monoisotopic (exact) mass is 386 g/mol. The summed E-state index contributed by atoms with van der Waals surface area (Å²) in [6.07, 6.45) is 1.04. The standard InChI is InChI=1S/C20H26N4O2S/c1-15-12-17(22-26-15)14-24-9-7-23(8-10-24)6-3-11-25-18-4-5-20-19(13-18)21-16(2)27-20/h4-5,12-13H,3,6-11,14H2,1-2H3. The van der Waals surface area contributed by atoms with E-state index in [4.69, 9.17) is 9.26 Å². The molecule has 4 rings (SSSR count). The molecule has 0 saturated carbocycles. The highest BCUT2D eigenvalue weighted by Crippen LogP contribution is 2.25. The van der Waals surface area contributed by atoms with Crippen LogP contribution in [0.25, 0.3) is 10.2 Å². The number of fused-ring (bicyclic) bond motifs is 1. The van der Waals surface area contributed by atoms with Crippen molar-refractivity contribution in [3.8, 4) is 5.75 Å². The lowest BCUT2D eigenvalue weighted by atomic mass is 10.2. The Morgan fingerprint density at radius 1 is 1.11 bits per heavy atom. The van der Waals surface area contributed by atoms with Crippen molar-refractivity contribution >= 4 is 21.6 Å². The minimum atomic E-state index is 0.743. The molecule has 6 nitrogen and oxygen atoms in total. The lowest BCUT2D eigenvalue weighted by molar-refractivity contribution is 0.119. The predicted octanol–water partition coefficient (Wildman–Crippen LogP) is 3.49. The molecule has 144 valence electrons. The van der Waals surface area contributed by atoms with Crippen molar-refractivity contribution in [1.82, 2.24) is 19.9 Å². The van der Waals surface area contributed by atoms with Crippen LogP contribution in [0.1, 0.15) is 22.9 Å².